The number of amides is 1. The number of rotatable bonds is 5. The standard InChI is InChI=1S/C26H29N9O/c1-3-22(36)30-18-10-17(12-28-13-18)16-4-5-20-19(11-16)23(34-33-20)25-31-21-14-29-15-26(2,24(21)32-25)35-8-6-27-7-9-35/h4-5,10-14,27H,3,6-9,15H2,1-2H3,(H,30,36)(H,31,32)(H,33,34). The van der Waals surface area contributed by atoms with Crippen molar-refractivity contribution >= 4 is 28.7 Å². The van der Waals surface area contributed by atoms with Crippen LogP contribution in [0.15, 0.2) is 41.7 Å². The van der Waals surface area contributed by atoms with Gasteiger partial charge in [-0.15, -0.1) is 0 Å². The first kappa shape index (κ1) is 22.6. The number of benzene rings is 1. The van der Waals surface area contributed by atoms with Crippen molar-refractivity contribution in [1.82, 2.24) is 35.4 Å². The van der Waals surface area contributed by atoms with E-state index in [2.05, 4.69) is 53.7 Å². The fraction of sp³-hybridized carbons (Fsp3) is 0.346. The fourth-order valence-corrected chi connectivity index (χ4v) is 5.10. The number of carbonyl (C=O) groups is 1. The van der Waals surface area contributed by atoms with Crippen LogP contribution in [0.2, 0.25) is 0 Å². The van der Waals surface area contributed by atoms with Gasteiger partial charge in [0.25, 0.3) is 0 Å². The highest BCUT2D eigenvalue weighted by molar-refractivity contribution is 5.96. The number of pyridine rings is 1. The Kier molecular flexibility index (Phi) is 5.62. The number of carbonyl (C=O) groups excluding carboxylic acids is 1. The minimum atomic E-state index is -0.232. The predicted octanol–water partition coefficient (Wildman–Crippen LogP) is 2.92. The Bertz CT molecular complexity index is 1460. The van der Waals surface area contributed by atoms with Crippen LogP contribution in [-0.2, 0) is 10.3 Å². The largest absolute Gasteiger partial charge is 0.338 e. The van der Waals surface area contributed by atoms with E-state index in [0.717, 1.165) is 71.1 Å². The molecule has 1 unspecified atom stereocenters. The number of anilines is 1. The van der Waals surface area contributed by atoms with E-state index in [4.69, 9.17) is 4.98 Å². The van der Waals surface area contributed by atoms with Crippen LogP contribution in [0.3, 0.4) is 0 Å². The Morgan fingerprint density at radius 1 is 1.17 bits per heavy atom. The van der Waals surface area contributed by atoms with Crippen LogP contribution in [0.5, 0.6) is 0 Å². The smallest absolute Gasteiger partial charge is 0.224 e. The van der Waals surface area contributed by atoms with E-state index in [0.29, 0.717) is 18.7 Å². The zero-order valence-electron chi connectivity index (χ0n) is 20.4. The summed E-state index contributed by atoms with van der Waals surface area (Å²) in [5.41, 5.74) is 5.98. The van der Waals surface area contributed by atoms with Gasteiger partial charge in [0, 0.05) is 56.0 Å². The number of hydrogen-bond acceptors (Lipinski definition) is 7. The van der Waals surface area contributed by atoms with Gasteiger partial charge >= 0.3 is 0 Å². The lowest BCUT2D eigenvalue weighted by Crippen LogP contribution is -2.55. The summed E-state index contributed by atoms with van der Waals surface area (Å²) >= 11 is 0. The van der Waals surface area contributed by atoms with Crippen LogP contribution in [0, 0.1) is 0 Å². The molecule has 6 rings (SSSR count). The molecule has 0 spiro atoms. The molecule has 3 aromatic heterocycles. The molecule has 0 saturated carbocycles. The van der Waals surface area contributed by atoms with Crippen LogP contribution >= 0.6 is 0 Å². The number of nitrogens with one attached hydrogen (secondary N) is 4. The predicted molar refractivity (Wildman–Crippen MR) is 140 cm³/mol. The molecular weight excluding hydrogens is 454 g/mol. The second kappa shape index (κ2) is 8.96. The molecule has 1 saturated heterocycles. The van der Waals surface area contributed by atoms with E-state index in [1.807, 2.05) is 31.3 Å². The number of imidazole rings is 1. The molecule has 1 amide bonds. The molecule has 4 aromatic rings. The summed E-state index contributed by atoms with van der Waals surface area (Å²) in [6.45, 7) is 8.66. The molecule has 1 atom stereocenters. The number of aliphatic imine (C=N–C) groups is 1. The zero-order valence-corrected chi connectivity index (χ0v) is 20.4. The maximum atomic E-state index is 11.8. The van der Waals surface area contributed by atoms with Crippen LogP contribution < -0.4 is 10.6 Å². The third-order valence-corrected chi connectivity index (χ3v) is 7.16. The minimum absolute atomic E-state index is 0.0420. The number of hydrogen-bond donors (Lipinski definition) is 4. The molecule has 5 heterocycles. The molecule has 10 heteroatoms. The number of piperazine rings is 1. The third-order valence-electron chi connectivity index (χ3n) is 7.16. The van der Waals surface area contributed by atoms with Crippen molar-refractivity contribution in [3.8, 4) is 22.6 Å². The second-order valence-electron chi connectivity index (χ2n) is 9.52. The van der Waals surface area contributed by atoms with Gasteiger partial charge in [0.1, 0.15) is 11.4 Å². The summed E-state index contributed by atoms with van der Waals surface area (Å²) in [6, 6.07) is 8.05. The zero-order chi connectivity index (χ0) is 24.7. The lowest BCUT2D eigenvalue weighted by atomic mass is 9.91. The van der Waals surface area contributed by atoms with Crippen LogP contribution in [0.25, 0.3) is 33.5 Å². The van der Waals surface area contributed by atoms with Gasteiger partial charge in [0.15, 0.2) is 5.82 Å². The van der Waals surface area contributed by atoms with Gasteiger partial charge in [0.05, 0.1) is 35.2 Å². The first-order valence-corrected chi connectivity index (χ1v) is 12.3. The molecule has 36 heavy (non-hydrogen) atoms. The Morgan fingerprint density at radius 3 is 2.86 bits per heavy atom. The Balaban J connectivity index is 1.38. The normalized spacial score (nSPS) is 19.9. The van der Waals surface area contributed by atoms with Gasteiger partial charge in [-0.05, 0) is 30.7 Å². The molecule has 0 aliphatic carbocycles. The highest BCUT2D eigenvalue weighted by Gasteiger charge is 2.40. The number of aromatic amines is 2. The van der Waals surface area contributed by atoms with E-state index in [-0.39, 0.29) is 11.4 Å². The molecule has 4 N–H and O–H groups in total. The number of nitrogens with zero attached hydrogens (tertiary/aromatic N) is 5. The van der Waals surface area contributed by atoms with Crippen molar-refractivity contribution in [2.75, 3.05) is 38.0 Å². The average molecular weight is 484 g/mol. The SMILES string of the molecule is CCC(=O)Nc1cncc(-c2ccc3[nH]nc(-c4nc5c([nH]4)C(C)(N4CCNCC4)CN=C5)c3c2)c1. The van der Waals surface area contributed by atoms with Crippen LogP contribution in [0.4, 0.5) is 5.69 Å². The quantitative estimate of drug-likeness (QED) is 0.346. The Morgan fingerprint density at radius 2 is 2.03 bits per heavy atom. The summed E-state index contributed by atoms with van der Waals surface area (Å²) in [6.07, 6.45) is 5.73. The lowest BCUT2D eigenvalue weighted by molar-refractivity contribution is -0.115. The molecule has 10 nitrogen and oxygen atoms in total. The summed E-state index contributed by atoms with van der Waals surface area (Å²) in [5.74, 6) is 0.680. The van der Waals surface area contributed by atoms with Crippen molar-refractivity contribution in [2.24, 2.45) is 4.99 Å². The molecular formula is C26H29N9O. The van der Waals surface area contributed by atoms with E-state index in [9.17, 15) is 4.79 Å². The Labute approximate surface area is 208 Å². The molecule has 1 fully saturated rings. The maximum absolute atomic E-state index is 11.8. The molecule has 0 bridgehead atoms. The number of aromatic nitrogens is 5. The molecule has 0 radical (unpaired) electrons. The summed E-state index contributed by atoms with van der Waals surface area (Å²) < 4.78 is 0. The summed E-state index contributed by atoms with van der Waals surface area (Å²) in [7, 11) is 0. The Hall–Kier alpha value is -3.89. The van der Waals surface area contributed by atoms with Gasteiger partial charge in [-0.3, -0.25) is 24.8 Å². The molecule has 2 aliphatic rings. The van der Waals surface area contributed by atoms with E-state index >= 15 is 0 Å². The second-order valence-corrected chi connectivity index (χ2v) is 9.52. The van der Waals surface area contributed by atoms with Crippen LogP contribution in [0.1, 0.15) is 31.7 Å². The summed E-state index contributed by atoms with van der Waals surface area (Å²) in [5, 5.41) is 15.0. The molecule has 2 aliphatic heterocycles. The van der Waals surface area contributed by atoms with Gasteiger partial charge in [-0.25, -0.2) is 4.98 Å². The fourth-order valence-electron chi connectivity index (χ4n) is 5.10. The van der Waals surface area contributed by atoms with Crippen molar-refractivity contribution < 1.29 is 4.79 Å². The molecule has 1 aromatic carbocycles. The van der Waals surface area contributed by atoms with E-state index in [1.165, 1.54) is 0 Å². The summed E-state index contributed by atoms with van der Waals surface area (Å²) in [4.78, 5) is 31.8. The van der Waals surface area contributed by atoms with Crippen molar-refractivity contribution in [1.29, 1.82) is 0 Å². The number of fused-ring (bicyclic) bond motifs is 2. The van der Waals surface area contributed by atoms with E-state index < -0.39 is 0 Å². The highest BCUT2D eigenvalue weighted by atomic mass is 16.1. The molecule has 184 valence electrons. The first-order chi connectivity index (χ1) is 17.5. The number of H-pyrrole nitrogens is 2. The van der Waals surface area contributed by atoms with Gasteiger partial charge < -0.3 is 15.6 Å². The highest BCUT2D eigenvalue weighted by Crippen LogP contribution is 2.36. The monoisotopic (exact) mass is 483 g/mol. The van der Waals surface area contributed by atoms with Crippen molar-refractivity contribution in [3.05, 3.63) is 48.0 Å². The van der Waals surface area contributed by atoms with Crippen LogP contribution in [-0.4, -0.2) is 74.9 Å². The van der Waals surface area contributed by atoms with Crippen molar-refractivity contribution in [2.45, 2.75) is 25.8 Å². The average Bonchev–Trinajstić information content (AvgIpc) is 3.54. The topological polar surface area (TPSA) is 127 Å². The third kappa shape index (κ3) is 3.88. The van der Waals surface area contributed by atoms with Gasteiger partial charge in [0.2, 0.25) is 5.91 Å². The maximum Gasteiger partial charge on any atom is 0.224 e. The van der Waals surface area contributed by atoms with Gasteiger partial charge in [-0.1, -0.05) is 13.0 Å². The van der Waals surface area contributed by atoms with E-state index in [1.54, 1.807) is 12.4 Å². The lowest BCUT2D eigenvalue weighted by Gasteiger charge is -2.43. The van der Waals surface area contributed by atoms with Gasteiger partial charge in [-0.2, -0.15) is 5.10 Å². The first-order valence-electron chi connectivity index (χ1n) is 12.3. The van der Waals surface area contributed by atoms with Crippen molar-refractivity contribution in [3.63, 3.8) is 0 Å². The minimum Gasteiger partial charge on any atom is -0.338 e.